The molecule has 5 nitrogen and oxygen atoms in total. The molecule has 3 rings (SSSR count). The van der Waals surface area contributed by atoms with Gasteiger partial charge in [0.15, 0.2) is 0 Å². The molecule has 0 aromatic heterocycles. The van der Waals surface area contributed by atoms with Crippen molar-refractivity contribution in [1.29, 1.82) is 0 Å². The van der Waals surface area contributed by atoms with Crippen molar-refractivity contribution in [1.82, 2.24) is 0 Å². The summed E-state index contributed by atoms with van der Waals surface area (Å²) >= 11 is 0. The van der Waals surface area contributed by atoms with E-state index in [1.807, 2.05) is 48.5 Å². The van der Waals surface area contributed by atoms with E-state index in [0.29, 0.717) is 0 Å². The first-order chi connectivity index (χ1) is 15.2. The smallest absolute Gasteiger partial charge is 0.0858 e. The van der Waals surface area contributed by atoms with E-state index in [0.717, 1.165) is 42.3 Å². The summed E-state index contributed by atoms with van der Waals surface area (Å²) in [6.45, 7) is 8.51. The number of hydrogen-bond acceptors (Lipinski definition) is 5. The van der Waals surface area contributed by atoms with Crippen LogP contribution in [-0.2, 0) is 6.42 Å². The fourth-order valence-corrected chi connectivity index (χ4v) is 3.25. The number of rotatable bonds is 10. The number of benzene rings is 3. The third-order valence-electron chi connectivity index (χ3n) is 5.15. The van der Waals surface area contributed by atoms with Crippen LogP contribution in [0.25, 0.3) is 0 Å². The highest BCUT2D eigenvalue weighted by Crippen LogP contribution is 2.25. The van der Waals surface area contributed by atoms with Crippen molar-refractivity contribution < 1.29 is 0 Å². The number of unbranched alkanes of at least 4 members (excludes halogenated alkanes) is 1. The second-order valence-corrected chi connectivity index (χ2v) is 7.38. The Balaban J connectivity index is 1.58. The van der Waals surface area contributed by atoms with Gasteiger partial charge in [0, 0.05) is 18.8 Å². The third-order valence-corrected chi connectivity index (χ3v) is 5.15. The van der Waals surface area contributed by atoms with Gasteiger partial charge < -0.3 is 4.90 Å². The van der Waals surface area contributed by atoms with Gasteiger partial charge in [0.2, 0.25) is 0 Å². The number of aryl methyl sites for hydroxylation is 1. The maximum atomic E-state index is 4.33. The summed E-state index contributed by atoms with van der Waals surface area (Å²) in [5, 5.41) is 17.3. The normalized spacial score (nSPS) is 11.5. The topological polar surface area (TPSA) is 52.7 Å². The number of anilines is 1. The van der Waals surface area contributed by atoms with Crippen LogP contribution in [0.3, 0.4) is 0 Å². The maximum Gasteiger partial charge on any atom is 0.0858 e. The van der Waals surface area contributed by atoms with Crippen molar-refractivity contribution >= 4 is 28.4 Å². The summed E-state index contributed by atoms with van der Waals surface area (Å²) in [7, 11) is 0. The Bertz CT molecular complexity index is 970. The van der Waals surface area contributed by atoms with E-state index in [1.54, 1.807) is 0 Å². The highest BCUT2D eigenvalue weighted by atomic mass is 15.1. The lowest BCUT2D eigenvalue weighted by atomic mass is 10.1. The summed E-state index contributed by atoms with van der Waals surface area (Å²) < 4.78 is 0. The third kappa shape index (κ3) is 6.85. The molecule has 3 aromatic carbocycles. The van der Waals surface area contributed by atoms with Crippen LogP contribution in [0.1, 0.15) is 39.2 Å². The van der Waals surface area contributed by atoms with E-state index in [4.69, 9.17) is 0 Å². The lowest BCUT2D eigenvalue weighted by Crippen LogP contribution is -2.21. The Morgan fingerprint density at radius 1 is 0.548 bits per heavy atom. The van der Waals surface area contributed by atoms with Crippen LogP contribution in [0, 0.1) is 0 Å². The van der Waals surface area contributed by atoms with Crippen LogP contribution in [0.4, 0.5) is 28.4 Å². The van der Waals surface area contributed by atoms with E-state index in [-0.39, 0.29) is 0 Å². The molecule has 0 spiro atoms. The lowest BCUT2D eigenvalue weighted by molar-refractivity contribution is 0.795. The van der Waals surface area contributed by atoms with Crippen LogP contribution in [0.2, 0.25) is 0 Å². The van der Waals surface area contributed by atoms with Crippen molar-refractivity contribution in [3.05, 3.63) is 78.4 Å². The zero-order chi connectivity index (χ0) is 21.9. The van der Waals surface area contributed by atoms with Crippen molar-refractivity contribution in [3.63, 3.8) is 0 Å². The van der Waals surface area contributed by atoms with Gasteiger partial charge in [0.05, 0.1) is 22.7 Å². The van der Waals surface area contributed by atoms with Gasteiger partial charge in [-0.05, 0) is 92.9 Å². The summed E-state index contributed by atoms with van der Waals surface area (Å²) in [6, 6.07) is 24.0. The largest absolute Gasteiger partial charge is 0.372 e. The molecule has 0 aliphatic rings. The number of hydrogen-bond donors (Lipinski definition) is 0. The summed E-state index contributed by atoms with van der Waals surface area (Å²) in [4.78, 5) is 2.30. The van der Waals surface area contributed by atoms with Crippen molar-refractivity contribution in [2.75, 3.05) is 18.0 Å². The second kappa shape index (κ2) is 11.7. The molecule has 0 radical (unpaired) electrons. The van der Waals surface area contributed by atoms with Gasteiger partial charge in [0.25, 0.3) is 0 Å². The molecular formula is C26H31N5. The highest BCUT2D eigenvalue weighted by Gasteiger charge is 2.01. The average molecular weight is 414 g/mol. The lowest BCUT2D eigenvalue weighted by Gasteiger charge is -2.20. The van der Waals surface area contributed by atoms with Gasteiger partial charge in [0.1, 0.15) is 0 Å². The molecule has 0 aliphatic carbocycles. The van der Waals surface area contributed by atoms with E-state index in [9.17, 15) is 0 Å². The monoisotopic (exact) mass is 413 g/mol. The Morgan fingerprint density at radius 3 is 1.32 bits per heavy atom. The summed E-state index contributed by atoms with van der Waals surface area (Å²) in [6.07, 6.45) is 3.54. The van der Waals surface area contributed by atoms with Crippen LogP contribution < -0.4 is 4.90 Å². The van der Waals surface area contributed by atoms with Gasteiger partial charge in [-0.15, -0.1) is 0 Å². The van der Waals surface area contributed by atoms with E-state index >= 15 is 0 Å². The second-order valence-electron chi connectivity index (χ2n) is 7.38. The summed E-state index contributed by atoms with van der Waals surface area (Å²) in [5.74, 6) is 0. The Labute approximate surface area is 185 Å². The maximum absolute atomic E-state index is 4.33. The first-order valence-electron chi connectivity index (χ1n) is 11.1. The van der Waals surface area contributed by atoms with Crippen molar-refractivity contribution in [2.24, 2.45) is 20.5 Å². The molecule has 0 N–H and O–H groups in total. The molecule has 0 aliphatic heterocycles. The number of nitrogens with zero attached hydrogens (tertiary/aromatic N) is 5. The first-order valence-corrected chi connectivity index (χ1v) is 11.1. The van der Waals surface area contributed by atoms with E-state index < -0.39 is 0 Å². The van der Waals surface area contributed by atoms with Gasteiger partial charge in [-0.3, -0.25) is 0 Å². The van der Waals surface area contributed by atoms with Gasteiger partial charge in [-0.2, -0.15) is 20.5 Å². The molecule has 5 heteroatoms. The molecule has 0 bridgehead atoms. The Hall–Kier alpha value is -3.34. The Morgan fingerprint density at radius 2 is 0.935 bits per heavy atom. The van der Waals surface area contributed by atoms with Gasteiger partial charge in [-0.25, -0.2) is 0 Å². The molecule has 0 fully saturated rings. The minimum Gasteiger partial charge on any atom is -0.372 e. The van der Waals surface area contributed by atoms with Crippen LogP contribution in [-0.4, -0.2) is 13.1 Å². The van der Waals surface area contributed by atoms with E-state index in [1.165, 1.54) is 24.1 Å². The Kier molecular flexibility index (Phi) is 8.47. The molecule has 0 atom stereocenters. The summed E-state index contributed by atoms with van der Waals surface area (Å²) in [5.41, 5.74) is 5.82. The van der Waals surface area contributed by atoms with Crippen molar-refractivity contribution in [2.45, 2.75) is 40.0 Å². The number of azo groups is 2. The first kappa shape index (κ1) is 22.3. The fraction of sp³-hybridized carbons (Fsp3) is 0.308. The van der Waals surface area contributed by atoms with Crippen LogP contribution >= 0.6 is 0 Å². The predicted octanol–water partition coefficient (Wildman–Crippen LogP) is 8.71. The molecule has 160 valence electrons. The molecule has 0 saturated carbocycles. The predicted molar refractivity (Wildman–Crippen MR) is 130 cm³/mol. The molecule has 0 amide bonds. The standard InChI is InChI=1S/C26H31N5/c1-4-7-8-21-9-11-22(12-10-21)27-28-23-13-15-24(16-14-23)29-30-25-17-19-26(20-18-25)31(5-2)6-3/h9-20H,4-8H2,1-3H3/b28-27+,30-29+. The van der Waals surface area contributed by atoms with Crippen molar-refractivity contribution in [3.8, 4) is 0 Å². The fourth-order valence-electron chi connectivity index (χ4n) is 3.25. The van der Waals surface area contributed by atoms with Gasteiger partial charge >= 0.3 is 0 Å². The minimum atomic E-state index is 0.784. The molecule has 0 saturated heterocycles. The zero-order valence-corrected chi connectivity index (χ0v) is 18.7. The van der Waals surface area contributed by atoms with Gasteiger partial charge in [-0.1, -0.05) is 25.5 Å². The molecule has 31 heavy (non-hydrogen) atoms. The SMILES string of the molecule is CCCCc1ccc(/N=N/c2ccc(/N=N/c3ccc(N(CC)CC)cc3)cc2)cc1. The van der Waals surface area contributed by atoms with Crippen LogP contribution in [0.5, 0.6) is 0 Å². The highest BCUT2D eigenvalue weighted by molar-refractivity contribution is 5.53. The molecule has 3 aromatic rings. The van der Waals surface area contributed by atoms with Crippen LogP contribution in [0.15, 0.2) is 93.3 Å². The molecule has 0 heterocycles. The average Bonchev–Trinajstić information content (AvgIpc) is 2.83. The van der Waals surface area contributed by atoms with E-state index in [2.05, 4.69) is 70.4 Å². The molecular weight excluding hydrogens is 382 g/mol. The minimum absolute atomic E-state index is 0.784. The quantitative estimate of drug-likeness (QED) is 0.307. The molecule has 0 unspecified atom stereocenters. The zero-order valence-electron chi connectivity index (χ0n) is 18.7.